The van der Waals surface area contributed by atoms with Gasteiger partial charge < -0.3 is 9.64 Å². The number of nitriles is 1. The fourth-order valence-corrected chi connectivity index (χ4v) is 2.16. The van der Waals surface area contributed by atoms with E-state index in [4.69, 9.17) is 10.00 Å². The number of hydrogen-bond donors (Lipinski definition) is 0. The van der Waals surface area contributed by atoms with Crippen molar-refractivity contribution in [3.8, 4) is 6.07 Å². The summed E-state index contributed by atoms with van der Waals surface area (Å²) in [5.74, 6) is 0. The number of amides is 1. The molecule has 0 aliphatic carbocycles. The average molecular weight is 292 g/mol. The van der Waals surface area contributed by atoms with E-state index in [1.54, 1.807) is 26.8 Å². The Balaban J connectivity index is 2.71. The molecule has 0 saturated carbocycles. The van der Waals surface area contributed by atoms with E-state index in [2.05, 4.69) is 0 Å². The van der Waals surface area contributed by atoms with Gasteiger partial charge in [0.1, 0.15) is 5.60 Å². The van der Waals surface area contributed by atoms with Crippen LogP contribution in [0.5, 0.6) is 0 Å². The van der Waals surface area contributed by atoms with Crippen LogP contribution in [0.15, 0.2) is 0 Å². The van der Waals surface area contributed by atoms with E-state index in [1.165, 1.54) is 4.90 Å². The lowest BCUT2D eigenvalue weighted by Gasteiger charge is -2.41. The van der Waals surface area contributed by atoms with Gasteiger partial charge in [-0.1, -0.05) is 0 Å². The summed E-state index contributed by atoms with van der Waals surface area (Å²) in [5, 5.41) is 8.62. The number of rotatable bonds is 1. The maximum absolute atomic E-state index is 13.1. The van der Waals surface area contributed by atoms with Gasteiger partial charge in [-0.15, -0.1) is 0 Å². The van der Waals surface area contributed by atoms with Crippen LogP contribution >= 0.6 is 0 Å². The number of ether oxygens (including phenoxy) is 1. The zero-order chi connectivity index (χ0) is 15.6. The van der Waals surface area contributed by atoms with Crippen molar-refractivity contribution in [2.75, 3.05) is 13.1 Å². The molecule has 1 fully saturated rings. The highest BCUT2D eigenvalue weighted by atomic mass is 19.4. The minimum absolute atomic E-state index is 0.0455. The lowest BCUT2D eigenvalue weighted by molar-refractivity contribution is -0.235. The van der Waals surface area contributed by atoms with Gasteiger partial charge in [0.15, 0.2) is 0 Å². The number of carbonyl (C=O) groups excluding carboxylic acids is 1. The zero-order valence-corrected chi connectivity index (χ0v) is 11.9. The standard InChI is InChI=1S/C13H19F3N2O2/c1-11(2,3)20-10(19)18-8-5-12(4-7-17,6-9-18)13(14,15)16/h4-6,8-9H2,1-3H3. The Morgan fingerprint density at radius 2 is 1.80 bits per heavy atom. The van der Waals surface area contributed by atoms with Crippen LogP contribution in [0.1, 0.15) is 40.0 Å². The van der Waals surface area contributed by atoms with E-state index in [1.807, 2.05) is 0 Å². The van der Waals surface area contributed by atoms with Gasteiger partial charge in [-0.3, -0.25) is 0 Å². The van der Waals surface area contributed by atoms with Crippen molar-refractivity contribution in [1.29, 1.82) is 5.26 Å². The second kappa shape index (κ2) is 5.51. The Morgan fingerprint density at radius 3 is 2.15 bits per heavy atom. The summed E-state index contributed by atoms with van der Waals surface area (Å²) < 4.78 is 44.4. The molecule has 0 spiro atoms. The highest BCUT2D eigenvalue weighted by molar-refractivity contribution is 5.68. The van der Waals surface area contributed by atoms with Crippen LogP contribution in [0.3, 0.4) is 0 Å². The van der Waals surface area contributed by atoms with Crippen LogP contribution in [0.2, 0.25) is 0 Å². The number of hydrogen-bond acceptors (Lipinski definition) is 3. The Morgan fingerprint density at radius 1 is 1.30 bits per heavy atom. The van der Waals surface area contributed by atoms with Gasteiger partial charge in [-0.2, -0.15) is 18.4 Å². The molecule has 0 unspecified atom stereocenters. The van der Waals surface area contributed by atoms with Crippen LogP contribution in [-0.2, 0) is 4.74 Å². The van der Waals surface area contributed by atoms with Crippen LogP contribution in [0, 0.1) is 16.7 Å². The molecular formula is C13H19F3N2O2. The first-order chi connectivity index (χ1) is 9.01. The van der Waals surface area contributed by atoms with Crippen molar-refractivity contribution in [3.05, 3.63) is 0 Å². The van der Waals surface area contributed by atoms with Crippen LogP contribution in [0.25, 0.3) is 0 Å². The summed E-state index contributed by atoms with van der Waals surface area (Å²) in [5.41, 5.74) is -2.68. The number of likely N-dealkylation sites (tertiary alicyclic amines) is 1. The Labute approximate surface area is 116 Å². The molecule has 1 aliphatic heterocycles. The van der Waals surface area contributed by atoms with Gasteiger partial charge in [0, 0.05) is 19.5 Å². The highest BCUT2D eigenvalue weighted by Gasteiger charge is 2.55. The van der Waals surface area contributed by atoms with Gasteiger partial charge in [0.2, 0.25) is 0 Å². The normalized spacial score (nSPS) is 19.4. The SMILES string of the molecule is CC(C)(C)OC(=O)N1CCC(CC#N)(C(F)(F)F)CC1. The molecule has 1 aliphatic rings. The van der Waals surface area contributed by atoms with Crippen molar-refractivity contribution in [3.63, 3.8) is 0 Å². The quantitative estimate of drug-likeness (QED) is 0.743. The first-order valence-electron chi connectivity index (χ1n) is 6.42. The zero-order valence-electron chi connectivity index (χ0n) is 11.9. The second-order valence-corrected chi connectivity index (χ2v) is 6.08. The first-order valence-corrected chi connectivity index (χ1v) is 6.42. The predicted molar refractivity (Wildman–Crippen MR) is 65.8 cm³/mol. The summed E-state index contributed by atoms with van der Waals surface area (Å²) in [4.78, 5) is 13.1. The van der Waals surface area contributed by atoms with E-state index in [0.717, 1.165) is 0 Å². The molecule has 0 aromatic rings. The maximum atomic E-state index is 13.1. The van der Waals surface area contributed by atoms with Crippen LogP contribution in [-0.4, -0.2) is 35.9 Å². The van der Waals surface area contributed by atoms with Crippen LogP contribution < -0.4 is 0 Å². The summed E-state index contributed by atoms with van der Waals surface area (Å²) in [6.07, 6.45) is -6.13. The number of nitrogens with zero attached hydrogens (tertiary/aromatic N) is 2. The van der Waals surface area contributed by atoms with Gasteiger partial charge in [-0.25, -0.2) is 4.79 Å². The minimum Gasteiger partial charge on any atom is -0.444 e. The fraction of sp³-hybridized carbons (Fsp3) is 0.846. The van der Waals surface area contributed by atoms with E-state index >= 15 is 0 Å². The summed E-state index contributed by atoms with van der Waals surface area (Å²) in [7, 11) is 0. The number of carbonyl (C=O) groups is 1. The molecule has 1 heterocycles. The molecule has 0 radical (unpaired) electrons. The predicted octanol–water partition coefficient (Wildman–Crippen LogP) is 3.48. The van der Waals surface area contributed by atoms with Crippen molar-refractivity contribution < 1.29 is 22.7 Å². The van der Waals surface area contributed by atoms with Crippen molar-refractivity contribution in [1.82, 2.24) is 4.90 Å². The van der Waals surface area contributed by atoms with Crippen molar-refractivity contribution in [2.24, 2.45) is 5.41 Å². The third kappa shape index (κ3) is 3.78. The monoisotopic (exact) mass is 292 g/mol. The molecule has 1 amide bonds. The molecule has 7 heteroatoms. The van der Waals surface area contributed by atoms with Gasteiger partial charge in [0.05, 0.1) is 11.5 Å². The van der Waals surface area contributed by atoms with Crippen molar-refractivity contribution >= 4 is 6.09 Å². The van der Waals surface area contributed by atoms with Crippen molar-refractivity contribution in [2.45, 2.75) is 51.8 Å². The Kier molecular flexibility index (Phi) is 4.57. The molecule has 0 aromatic carbocycles. The van der Waals surface area contributed by atoms with E-state index in [9.17, 15) is 18.0 Å². The topological polar surface area (TPSA) is 53.3 Å². The minimum atomic E-state index is -4.43. The molecule has 0 N–H and O–H groups in total. The Hall–Kier alpha value is -1.45. The smallest absolute Gasteiger partial charge is 0.410 e. The molecule has 20 heavy (non-hydrogen) atoms. The molecule has 0 aromatic heterocycles. The molecule has 0 atom stereocenters. The lowest BCUT2D eigenvalue weighted by Crippen LogP contribution is -2.50. The van der Waals surface area contributed by atoms with Gasteiger partial charge in [-0.05, 0) is 33.6 Å². The molecule has 1 saturated heterocycles. The number of piperidine rings is 1. The summed E-state index contributed by atoms with van der Waals surface area (Å²) in [6, 6.07) is 1.61. The molecule has 1 rings (SSSR count). The average Bonchev–Trinajstić information content (AvgIpc) is 2.26. The molecule has 0 bridgehead atoms. The van der Waals surface area contributed by atoms with E-state index in [-0.39, 0.29) is 25.9 Å². The largest absolute Gasteiger partial charge is 0.444 e. The molecule has 4 nitrogen and oxygen atoms in total. The first kappa shape index (κ1) is 16.6. The summed E-state index contributed by atoms with van der Waals surface area (Å²) >= 11 is 0. The highest BCUT2D eigenvalue weighted by Crippen LogP contribution is 2.48. The van der Waals surface area contributed by atoms with Gasteiger partial charge in [0.25, 0.3) is 0 Å². The molecular weight excluding hydrogens is 273 g/mol. The van der Waals surface area contributed by atoms with Gasteiger partial charge >= 0.3 is 12.3 Å². The van der Waals surface area contributed by atoms with E-state index in [0.29, 0.717) is 0 Å². The van der Waals surface area contributed by atoms with E-state index < -0.39 is 29.7 Å². The number of halogens is 3. The second-order valence-electron chi connectivity index (χ2n) is 6.08. The third-order valence-electron chi connectivity index (χ3n) is 3.39. The summed E-state index contributed by atoms with van der Waals surface area (Å²) in [6.45, 7) is 5.01. The van der Waals surface area contributed by atoms with Crippen LogP contribution in [0.4, 0.5) is 18.0 Å². The molecule has 114 valence electrons. The number of alkyl halides is 3. The Bertz CT molecular complexity index is 399. The lowest BCUT2D eigenvalue weighted by atomic mass is 9.75. The fourth-order valence-electron chi connectivity index (χ4n) is 2.16. The maximum Gasteiger partial charge on any atom is 0.410 e. The third-order valence-corrected chi connectivity index (χ3v) is 3.39.